The number of nitrogens with one attached hydrogen (secondary N) is 2. The molecule has 0 bridgehead atoms. The predicted molar refractivity (Wildman–Crippen MR) is 81.9 cm³/mol. The van der Waals surface area contributed by atoms with Crippen LogP contribution in [0.3, 0.4) is 0 Å². The maximum atomic E-state index is 5.44. The molecule has 3 fully saturated rings. The van der Waals surface area contributed by atoms with Crippen LogP contribution in [0, 0.1) is 0 Å². The van der Waals surface area contributed by atoms with E-state index in [0.29, 0.717) is 5.11 Å². The minimum atomic E-state index is -0.0302. The first-order valence-electron chi connectivity index (χ1n) is 7.07. The van der Waals surface area contributed by atoms with Gasteiger partial charge in [0.2, 0.25) is 0 Å². The average molecular weight is 283 g/mol. The van der Waals surface area contributed by atoms with Crippen molar-refractivity contribution in [3.63, 3.8) is 0 Å². The van der Waals surface area contributed by atoms with Gasteiger partial charge in [-0.3, -0.25) is 0 Å². The predicted octanol–water partition coefficient (Wildman–Crippen LogP) is 1.96. The summed E-state index contributed by atoms with van der Waals surface area (Å²) in [5.41, 5.74) is -0.0302. The van der Waals surface area contributed by atoms with Crippen LogP contribution in [0.25, 0.3) is 0 Å². The Hall–Kier alpha value is -0.260. The van der Waals surface area contributed by atoms with E-state index in [0.717, 1.165) is 37.0 Å². The summed E-state index contributed by atoms with van der Waals surface area (Å²) in [6.07, 6.45) is 9.22. The van der Waals surface area contributed by atoms with Crippen LogP contribution in [-0.4, -0.2) is 39.7 Å². The van der Waals surface area contributed by atoms with Crippen LogP contribution in [0.2, 0.25) is 0 Å². The Balaban J connectivity index is 1.60. The van der Waals surface area contributed by atoms with Gasteiger partial charge in [-0.1, -0.05) is 31.5 Å². The van der Waals surface area contributed by atoms with Crippen molar-refractivity contribution >= 4 is 34.5 Å². The fourth-order valence-corrected chi connectivity index (χ4v) is 4.32. The van der Waals surface area contributed by atoms with E-state index in [-0.39, 0.29) is 5.54 Å². The van der Waals surface area contributed by atoms with Crippen LogP contribution in [0.15, 0.2) is 0 Å². The monoisotopic (exact) mass is 283 g/mol. The third kappa shape index (κ3) is 2.28. The molecule has 2 heterocycles. The standard InChI is InChI=1S/C13H21N3S2/c17-11-13(15-12(18)14-11)6-8-16(9-7-13)10-4-2-1-3-5-10/h10H,1-9H2,(H2,14,15,17,18). The van der Waals surface area contributed by atoms with Crippen molar-refractivity contribution in [3.05, 3.63) is 0 Å². The van der Waals surface area contributed by atoms with E-state index in [4.69, 9.17) is 24.4 Å². The van der Waals surface area contributed by atoms with Crippen LogP contribution >= 0.6 is 24.4 Å². The first kappa shape index (κ1) is 12.8. The van der Waals surface area contributed by atoms with Gasteiger partial charge >= 0.3 is 0 Å². The molecule has 2 N–H and O–H groups in total. The van der Waals surface area contributed by atoms with Crippen LogP contribution in [0.4, 0.5) is 0 Å². The van der Waals surface area contributed by atoms with E-state index in [1.54, 1.807) is 0 Å². The SMILES string of the molecule is S=C1NC(=S)C2(CCN(C3CCCCC3)CC2)N1. The van der Waals surface area contributed by atoms with Crippen LogP contribution in [0.5, 0.6) is 0 Å². The van der Waals surface area contributed by atoms with Crippen molar-refractivity contribution in [2.45, 2.75) is 56.5 Å². The summed E-state index contributed by atoms with van der Waals surface area (Å²) in [5, 5.41) is 7.21. The summed E-state index contributed by atoms with van der Waals surface area (Å²) < 4.78 is 0. The van der Waals surface area contributed by atoms with E-state index >= 15 is 0 Å². The summed E-state index contributed by atoms with van der Waals surface area (Å²) in [6, 6.07) is 0.825. The molecular formula is C13H21N3S2. The van der Waals surface area contributed by atoms with E-state index < -0.39 is 0 Å². The quantitative estimate of drug-likeness (QED) is 0.718. The van der Waals surface area contributed by atoms with Crippen LogP contribution < -0.4 is 10.6 Å². The second kappa shape index (κ2) is 5.02. The highest BCUT2D eigenvalue weighted by Gasteiger charge is 2.44. The first-order chi connectivity index (χ1) is 8.70. The summed E-state index contributed by atoms with van der Waals surface area (Å²) in [6.45, 7) is 2.31. The number of nitrogens with zero attached hydrogens (tertiary/aromatic N) is 1. The molecule has 3 aliphatic rings. The molecule has 18 heavy (non-hydrogen) atoms. The van der Waals surface area contributed by atoms with Crippen molar-refractivity contribution in [2.75, 3.05) is 13.1 Å². The molecule has 5 heteroatoms. The zero-order chi connectivity index (χ0) is 12.6. The Morgan fingerprint density at radius 2 is 1.72 bits per heavy atom. The van der Waals surface area contributed by atoms with Gasteiger partial charge in [-0.25, -0.2) is 0 Å². The molecule has 0 unspecified atom stereocenters. The molecule has 0 aromatic heterocycles. The molecule has 3 nitrogen and oxygen atoms in total. The molecule has 3 rings (SSSR count). The Morgan fingerprint density at radius 1 is 1.06 bits per heavy atom. The summed E-state index contributed by atoms with van der Waals surface area (Å²) in [5.74, 6) is 0. The molecule has 0 radical (unpaired) electrons. The normalized spacial score (nSPS) is 29.3. The molecule has 0 aromatic rings. The fraction of sp³-hybridized carbons (Fsp3) is 0.846. The number of likely N-dealkylation sites (tertiary alicyclic amines) is 1. The lowest BCUT2D eigenvalue weighted by atomic mass is 9.85. The molecule has 1 aliphatic carbocycles. The number of hydrogen-bond donors (Lipinski definition) is 2. The first-order valence-corrected chi connectivity index (χ1v) is 7.89. The Kier molecular flexibility index (Phi) is 3.56. The smallest absolute Gasteiger partial charge is 0.172 e. The van der Waals surface area contributed by atoms with Crippen molar-refractivity contribution in [3.8, 4) is 0 Å². The molecule has 1 saturated carbocycles. The largest absolute Gasteiger partial charge is 0.350 e. The van der Waals surface area contributed by atoms with E-state index in [2.05, 4.69) is 15.5 Å². The van der Waals surface area contributed by atoms with Gasteiger partial charge < -0.3 is 15.5 Å². The number of thiocarbonyl (C=S) groups is 2. The Labute approximate surface area is 120 Å². The molecule has 2 aliphatic heterocycles. The van der Waals surface area contributed by atoms with Crippen LogP contribution in [-0.2, 0) is 0 Å². The maximum Gasteiger partial charge on any atom is 0.172 e. The van der Waals surface area contributed by atoms with Gasteiger partial charge in [0, 0.05) is 19.1 Å². The molecule has 0 aromatic carbocycles. The van der Waals surface area contributed by atoms with Gasteiger partial charge in [0.25, 0.3) is 0 Å². The highest BCUT2D eigenvalue weighted by Crippen LogP contribution is 2.31. The lowest BCUT2D eigenvalue weighted by Gasteiger charge is -2.43. The Morgan fingerprint density at radius 3 is 2.28 bits per heavy atom. The second-order valence-corrected chi connectivity index (χ2v) is 6.63. The van der Waals surface area contributed by atoms with Gasteiger partial charge in [-0.2, -0.15) is 0 Å². The van der Waals surface area contributed by atoms with Gasteiger partial charge in [0.05, 0.1) is 5.54 Å². The van der Waals surface area contributed by atoms with E-state index in [1.807, 2.05) is 0 Å². The van der Waals surface area contributed by atoms with Gasteiger partial charge in [0.15, 0.2) is 5.11 Å². The molecule has 0 amide bonds. The zero-order valence-electron chi connectivity index (χ0n) is 10.7. The molecule has 100 valence electrons. The number of piperidine rings is 1. The molecular weight excluding hydrogens is 262 g/mol. The van der Waals surface area contributed by atoms with Gasteiger partial charge in [-0.15, -0.1) is 0 Å². The van der Waals surface area contributed by atoms with Gasteiger partial charge in [0.1, 0.15) is 4.99 Å². The van der Waals surface area contributed by atoms with Gasteiger partial charge in [-0.05, 0) is 37.9 Å². The lowest BCUT2D eigenvalue weighted by Crippen LogP contribution is -2.56. The van der Waals surface area contributed by atoms with Crippen molar-refractivity contribution in [1.29, 1.82) is 0 Å². The minimum absolute atomic E-state index is 0.0302. The highest BCUT2D eigenvalue weighted by atomic mass is 32.1. The van der Waals surface area contributed by atoms with Crippen LogP contribution in [0.1, 0.15) is 44.9 Å². The van der Waals surface area contributed by atoms with E-state index in [1.165, 1.54) is 32.1 Å². The van der Waals surface area contributed by atoms with Crippen molar-refractivity contribution in [2.24, 2.45) is 0 Å². The topological polar surface area (TPSA) is 27.3 Å². The molecule has 2 saturated heterocycles. The third-order valence-corrected chi connectivity index (χ3v) is 5.45. The van der Waals surface area contributed by atoms with E-state index in [9.17, 15) is 0 Å². The second-order valence-electron chi connectivity index (χ2n) is 5.82. The third-order valence-electron chi connectivity index (χ3n) is 4.76. The number of rotatable bonds is 1. The van der Waals surface area contributed by atoms with Crippen molar-refractivity contribution < 1.29 is 0 Å². The highest BCUT2D eigenvalue weighted by molar-refractivity contribution is 7.82. The summed E-state index contributed by atoms with van der Waals surface area (Å²) in [4.78, 5) is 3.59. The average Bonchev–Trinajstić information content (AvgIpc) is 2.66. The molecule has 0 atom stereocenters. The Bertz CT molecular complexity index is 355. The fourth-order valence-electron chi connectivity index (χ4n) is 3.60. The number of hydrogen-bond acceptors (Lipinski definition) is 3. The maximum absolute atomic E-state index is 5.44. The molecule has 1 spiro atoms. The lowest BCUT2D eigenvalue weighted by molar-refractivity contribution is 0.109. The minimum Gasteiger partial charge on any atom is -0.350 e. The summed E-state index contributed by atoms with van der Waals surface area (Å²) >= 11 is 10.6. The zero-order valence-corrected chi connectivity index (χ0v) is 12.3. The van der Waals surface area contributed by atoms with Crippen molar-refractivity contribution in [1.82, 2.24) is 15.5 Å². The summed E-state index contributed by atoms with van der Waals surface area (Å²) in [7, 11) is 0.